The van der Waals surface area contributed by atoms with E-state index in [1.54, 1.807) is 6.07 Å². The number of nitrogens with one attached hydrogen (secondary N) is 2. The van der Waals surface area contributed by atoms with E-state index in [0.717, 1.165) is 19.2 Å². The van der Waals surface area contributed by atoms with Crippen LogP contribution in [-0.2, 0) is 10.0 Å². The zero-order chi connectivity index (χ0) is 19.6. The number of benzene rings is 2. The predicted molar refractivity (Wildman–Crippen MR) is 100 cm³/mol. The molecule has 1 heterocycles. The van der Waals surface area contributed by atoms with Crippen molar-refractivity contribution in [1.29, 1.82) is 0 Å². The van der Waals surface area contributed by atoms with Gasteiger partial charge in [-0.1, -0.05) is 11.6 Å². The normalized spacial score (nSPS) is 14.9. The lowest BCUT2D eigenvalue weighted by atomic mass is 10.2. The second-order valence-corrected chi connectivity index (χ2v) is 7.99. The number of sulfonamides is 1. The molecule has 146 valence electrons. The minimum atomic E-state index is -4.12. The van der Waals surface area contributed by atoms with Gasteiger partial charge in [0.05, 0.1) is 23.4 Å². The van der Waals surface area contributed by atoms with Gasteiger partial charge < -0.3 is 15.0 Å². The number of hydrogen-bond donors (Lipinski definition) is 2. The topological polar surface area (TPSA) is 70.7 Å². The van der Waals surface area contributed by atoms with Crippen LogP contribution >= 0.6 is 11.6 Å². The Balaban J connectivity index is 1.97. The smallest absolute Gasteiger partial charge is 0.262 e. The summed E-state index contributed by atoms with van der Waals surface area (Å²) in [4.78, 5) is 1.93. The SMILES string of the molecule is COc1ccc(S(=O)(=O)Nc2cc(F)cc(F)c2Cl)cc1N1CCNCC1. The number of methoxy groups -OCH3 is 1. The molecule has 0 radical (unpaired) electrons. The van der Waals surface area contributed by atoms with Gasteiger partial charge in [0.2, 0.25) is 0 Å². The molecule has 0 saturated carbocycles. The highest BCUT2D eigenvalue weighted by Crippen LogP contribution is 2.33. The molecule has 1 saturated heterocycles. The monoisotopic (exact) mass is 417 g/mol. The molecule has 0 amide bonds. The largest absolute Gasteiger partial charge is 0.495 e. The lowest BCUT2D eigenvalue weighted by molar-refractivity contribution is 0.412. The van der Waals surface area contributed by atoms with E-state index in [1.165, 1.54) is 19.2 Å². The first kappa shape index (κ1) is 19.7. The maximum atomic E-state index is 13.6. The Labute approximate surface area is 161 Å². The third-order valence-electron chi connectivity index (χ3n) is 4.16. The van der Waals surface area contributed by atoms with Crippen LogP contribution < -0.4 is 19.7 Å². The van der Waals surface area contributed by atoms with Gasteiger partial charge >= 0.3 is 0 Å². The van der Waals surface area contributed by atoms with Crippen LogP contribution in [0.4, 0.5) is 20.2 Å². The molecule has 0 spiro atoms. The van der Waals surface area contributed by atoms with Crippen molar-refractivity contribution >= 4 is 33.0 Å². The van der Waals surface area contributed by atoms with E-state index >= 15 is 0 Å². The number of rotatable bonds is 5. The second-order valence-electron chi connectivity index (χ2n) is 5.93. The van der Waals surface area contributed by atoms with Gasteiger partial charge in [-0.05, 0) is 24.3 Å². The Bertz CT molecular complexity index is 951. The second kappa shape index (κ2) is 7.87. The molecule has 1 aliphatic rings. The summed E-state index contributed by atoms with van der Waals surface area (Å²) >= 11 is 5.76. The van der Waals surface area contributed by atoms with Crippen molar-refractivity contribution in [2.24, 2.45) is 0 Å². The van der Waals surface area contributed by atoms with Crippen LogP contribution in [0.5, 0.6) is 5.75 Å². The molecule has 1 aliphatic heterocycles. The molecule has 6 nitrogen and oxygen atoms in total. The van der Waals surface area contributed by atoms with Crippen LogP contribution in [0.15, 0.2) is 35.2 Å². The van der Waals surface area contributed by atoms with E-state index in [-0.39, 0.29) is 10.6 Å². The first-order valence-electron chi connectivity index (χ1n) is 8.13. The van der Waals surface area contributed by atoms with Crippen molar-refractivity contribution in [3.63, 3.8) is 0 Å². The third-order valence-corrected chi connectivity index (χ3v) is 5.90. The van der Waals surface area contributed by atoms with Gasteiger partial charge in [0.25, 0.3) is 10.0 Å². The molecule has 0 unspecified atom stereocenters. The molecule has 2 N–H and O–H groups in total. The fourth-order valence-electron chi connectivity index (χ4n) is 2.82. The van der Waals surface area contributed by atoms with Crippen molar-refractivity contribution in [2.75, 3.05) is 42.9 Å². The first-order valence-corrected chi connectivity index (χ1v) is 9.99. The highest BCUT2D eigenvalue weighted by atomic mass is 35.5. The van der Waals surface area contributed by atoms with Crippen molar-refractivity contribution < 1.29 is 21.9 Å². The van der Waals surface area contributed by atoms with Crippen LogP contribution in [0.25, 0.3) is 0 Å². The maximum absolute atomic E-state index is 13.6. The minimum Gasteiger partial charge on any atom is -0.495 e. The fourth-order valence-corrected chi connectivity index (χ4v) is 4.12. The molecule has 2 aromatic carbocycles. The van der Waals surface area contributed by atoms with E-state index in [2.05, 4.69) is 10.0 Å². The number of halogens is 3. The summed E-state index contributed by atoms with van der Waals surface area (Å²) in [6.45, 7) is 2.90. The number of ether oxygens (including phenoxy) is 1. The predicted octanol–water partition coefficient (Wildman–Crippen LogP) is 2.84. The van der Waals surface area contributed by atoms with Crippen LogP contribution in [0.3, 0.4) is 0 Å². The van der Waals surface area contributed by atoms with Gasteiger partial charge in [-0.3, -0.25) is 4.72 Å². The quantitative estimate of drug-likeness (QED) is 0.732. The summed E-state index contributed by atoms with van der Waals surface area (Å²) in [6, 6.07) is 5.77. The van der Waals surface area contributed by atoms with Crippen molar-refractivity contribution in [3.8, 4) is 5.75 Å². The molecular formula is C17H18ClF2N3O3S. The highest BCUT2D eigenvalue weighted by Gasteiger charge is 2.22. The van der Waals surface area contributed by atoms with Crippen molar-refractivity contribution in [2.45, 2.75) is 4.90 Å². The van der Waals surface area contributed by atoms with Crippen LogP contribution in [-0.4, -0.2) is 41.7 Å². The summed E-state index contributed by atoms with van der Waals surface area (Å²) in [6.07, 6.45) is 0. The van der Waals surface area contributed by atoms with Gasteiger partial charge in [0, 0.05) is 32.2 Å². The van der Waals surface area contributed by atoms with Gasteiger partial charge in [0.15, 0.2) is 0 Å². The van der Waals surface area contributed by atoms with Crippen molar-refractivity contribution in [3.05, 3.63) is 47.0 Å². The molecule has 0 bridgehead atoms. The minimum absolute atomic E-state index is 0.0717. The average Bonchev–Trinajstić information content (AvgIpc) is 2.65. The molecule has 3 rings (SSSR count). The van der Waals surface area contributed by atoms with Crippen LogP contribution in [0, 0.1) is 11.6 Å². The van der Waals surface area contributed by atoms with E-state index < -0.39 is 26.7 Å². The van der Waals surface area contributed by atoms with E-state index in [9.17, 15) is 17.2 Å². The maximum Gasteiger partial charge on any atom is 0.262 e. The van der Waals surface area contributed by atoms with E-state index in [0.29, 0.717) is 30.6 Å². The van der Waals surface area contributed by atoms with Crippen LogP contribution in [0.1, 0.15) is 0 Å². The number of piperazine rings is 1. The molecule has 0 atom stereocenters. The molecule has 27 heavy (non-hydrogen) atoms. The van der Waals surface area contributed by atoms with Crippen LogP contribution in [0.2, 0.25) is 5.02 Å². The Morgan fingerprint density at radius 1 is 1.19 bits per heavy atom. The lowest BCUT2D eigenvalue weighted by Crippen LogP contribution is -2.43. The molecule has 2 aromatic rings. The Morgan fingerprint density at radius 2 is 1.89 bits per heavy atom. The molecular weight excluding hydrogens is 400 g/mol. The summed E-state index contributed by atoms with van der Waals surface area (Å²) in [5, 5.41) is 2.71. The molecule has 0 aliphatic carbocycles. The Kier molecular flexibility index (Phi) is 5.73. The van der Waals surface area contributed by atoms with Gasteiger partial charge in [-0.15, -0.1) is 0 Å². The van der Waals surface area contributed by atoms with Crippen molar-refractivity contribution in [1.82, 2.24) is 5.32 Å². The Morgan fingerprint density at radius 3 is 2.56 bits per heavy atom. The lowest BCUT2D eigenvalue weighted by Gasteiger charge is -2.30. The summed E-state index contributed by atoms with van der Waals surface area (Å²) in [5.74, 6) is -1.46. The summed E-state index contributed by atoms with van der Waals surface area (Å²) in [7, 11) is -2.62. The molecule has 0 aromatic heterocycles. The average molecular weight is 418 g/mol. The van der Waals surface area contributed by atoms with E-state index in [1.807, 2.05) is 4.90 Å². The number of anilines is 2. The van der Waals surface area contributed by atoms with Gasteiger partial charge in [0.1, 0.15) is 22.4 Å². The molecule has 10 heteroatoms. The van der Waals surface area contributed by atoms with E-state index in [4.69, 9.17) is 16.3 Å². The third kappa shape index (κ3) is 4.26. The summed E-state index contributed by atoms with van der Waals surface area (Å²) in [5.41, 5.74) is 0.257. The first-order chi connectivity index (χ1) is 12.8. The highest BCUT2D eigenvalue weighted by molar-refractivity contribution is 7.92. The number of nitrogens with zero attached hydrogens (tertiary/aromatic N) is 1. The van der Waals surface area contributed by atoms with Gasteiger partial charge in [-0.25, -0.2) is 17.2 Å². The van der Waals surface area contributed by atoms with Gasteiger partial charge in [-0.2, -0.15) is 0 Å². The zero-order valence-corrected chi connectivity index (χ0v) is 16.0. The summed E-state index contributed by atoms with van der Waals surface area (Å²) < 4.78 is 59.9. The standard InChI is InChI=1S/C17H18ClF2N3O3S/c1-26-16-3-2-12(10-15(16)23-6-4-21-5-7-23)27(24,25)22-14-9-11(19)8-13(20)17(14)18/h2-3,8-10,21-22H,4-7H2,1H3. The zero-order valence-electron chi connectivity index (χ0n) is 14.4. The Hall–Kier alpha value is -2.10. The molecule has 1 fully saturated rings. The number of hydrogen-bond acceptors (Lipinski definition) is 5. The fraction of sp³-hybridized carbons (Fsp3) is 0.294.